The standard InChI is InChI=1S/C21H35NO4/c1-3-24-13-14-25-21-11-9-18(10-12-21)15-22(2)16-19(23)17-26-20-7-5-4-6-8-20/h9-12,19-20,23H,3-8,13-17H2,1-2H3/t19-/m0/s1. The minimum Gasteiger partial charge on any atom is -0.491 e. The number of hydrogen-bond donors (Lipinski definition) is 1. The Kier molecular flexibility index (Phi) is 10.00. The van der Waals surface area contributed by atoms with E-state index in [1.807, 2.05) is 26.1 Å². The number of nitrogens with zero attached hydrogens (tertiary/aromatic N) is 1. The van der Waals surface area contributed by atoms with Gasteiger partial charge in [-0.2, -0.15) is 0 Å². The Labute approximate surface area is 158 Å². The van der Waals surface area contributed by atoms with E-state index >= 15 is 0 Å². The minimum absolute atomic E-state index is 0.346. The lowest BCUT2D eigenvalue weighted by Gasteiger charge is -2.25. The summed E-state index contributed by atoms with van der Waals surface area (Å²) in [6, 6.07) is 8.10. The maximum absolute atomic E-state index is 10.2. The Hall–Kier alpha value is -1.14. The summed E-state index contributed by atoms with van der Waals surface area (Å²) in [7, 11) is 2.02. The molecule has 5 nitrogen and oxygen atoms in total. The lowest BCUT2D eigenvalue weighted by atomic mass is 9.98. The fraction of sp³-hybridized carbons (Fsp3) is 0.714. The highest BCUT2D eigenvalue weighted by Crippen LogP contribution is 2.20. The normalized spacial score (nSPS) is 16.8. The smallest absolute Gasteiger partial charge is 0.119 e. The van der Waals surface area contributed by atoms with E-state index in [0.717, 1.165) is 25.1 Å². The van der Waals surface area contributed by atoms with Gasteiger partial charge in [0.1, 0.15) is 12.4 Å². The molecule has 0 aliphatic heterocycles. The molecular weight excluding hydrogens is 330 g/mol. The fourth-order valence-corrected chi connectivity index (χ4v) is 3.32. The van der Waals surface area contributed by atoms with Crippen LogP contribution in [0.3, 0.4) is 0 Å². The second-order valence-electron chi connectivity index (χ2n) is 7.13. The monoisotopic (exact) mass is 365 g/mol. The molecule has 0 amide bonds. The molecule has 0 bridgehead atoms. The second-order valence-corrected chi connectivity index (χ2v) is 7.13. The zero-order valence-electron chi connectivity index (χ0n) is 16.4. The summed E-state index contributed by atoms with van der Waals surface area (Å²) in [5.41, 5.74) is 1.20. The predicted molar refractivity (Wildman–Crippen MR) is 104 cm³/mol. The molecule has 1 N–H and O–H groups in total. The molecule has 0 radical (unpaired) electrons. The van der Waals surface area contributed by atoms with E-state index in [1.165, 1.54) is 24.8 Å². The molecule has 2 rings (SSSR count). The van der Waals surface area contributed by atoms with Crippen molar-refractivity contribution in [1.82, 2.24) is 4.90 Å². The fourth-order valence-electron chi connectivity index (χ4n) is 3.32. The lowest BCUT2D eigenvalue weighted by Crippen LogP contribution is -2.33. The number of rotatable bonds is 12. The van der Waals surface area contributed by atoms with Crippen LogP contribution in [0.25, 0.3) is 0 Å². The van der Waals surface area contributed by atoms with Crippen molar-refractivity contribution in [3.05, 3.63) is 29.8 Å². The molecule has 1 fully saturated rings. The molecule has 26 heavy (non-hydrogen) atoms. The number of aliphatic hydroxyl groups excluding tert-OH is 1. The molecule has 1 aliphatic rings. The molecule has 1 saturated carbocycles. The van der Waals surface area contributed by atoms with E-state index in [4.69, 9.17) is 14.2 Å². The third-order valence-corrected chi connectivity index (χ3v) is 4.68. The van der Waals surface area contributed by atoms with Gasteiger partial charge in [-0.3, -0.25) is 4.90 Å². The lowest BCUT2D eigenvalue weighted by molar-refractivity contribution is -0.0319. The Morgan fingerprint density at radius 2 is 1.85 bits per heavy atom. The largest absolute Gasteiger partial charge is 0.491 e. The van der Waals surface area contributed by atoms with Crippen LogP contribution in [0.15, 0.2) is 24.3 Å². The van der Waals surface area contributed by atoms with Gasteiger partial charge in [-0.1, -0.05) is 31.4 Å². The topological polar surface area (TPSA) is 51.2 Å². The van der Waals surface area contributed by atoms with Gasteiger partial charge >= 0.3 is 0 Å². The van der Waals surface area contributed by atoms with Crippen LogP contribution in [0, 0.1) is 0 Å². The predicted octanol–water partition coefficient (Wildman–Crippen LogP) is 3.24. The third kappa shape index (κ3) is 8.49. The summed E-state index contributed by atoms with van der Waals surface area (Å²) in [6.45, 7) is 5.71. The van der Waals surface area contributed by atoms with Crippen molar-refractivity contribution in [1.29, 1.82) is 0 Å². The molecule has 1 aliphatic carbocycles. The first-order chi connectivity index (χ1) is 12.7. The van der Waals surface area contributed by atoms with Crippen LogP contribution in [0.4, 0.5) is 0 Å². The van der Waals surface area contributed by atoms with Gasteiger partial charge in [0.25, 0.3) is 0 Å². The van der Waals surface area contributed by atoms with Crippen LogP contribution in [0.2, 0.25) is 0 Å². The van der Waals surface area contributed by atoms with Crippen LogP contribution in [0.1, 0.15) is 44.6 Å². The maximum Gasteiger partial charge on any atom is 0.119 e. The van der Waals surface area contributed by atoms with Gasteiger partial charge in [0.2, 0.25) is 0 Å². The molecule has 5 heteroatoms. The molecule has 1 atom stereocenters. The number of hydrogen-bond acceptors (Lipinski definition) is 5. The third-order valence-electron chi connectivity index (χ3n) is 4.68. The highest BCUT2D eigenvalue weighted by Gasteiger charge is 2.16. The van der Waals surface area contributed by atoms with Crippen molar-refractivity contribution in [3.8, 4) is 5.75 Å². The van der Waals surface area contributed by atoms with Crippen LogP contribution in [-0.2, 0) is 16.0 Å². The van der Waals surface area contributed by atoms with Crippen molar-refractivity contribution in [2.24, 2.45) is 0 Å². The summed E-state index contributed by atoms with van der Waals surface area (Å²) in [4.78, 5) is 2.12. The second kappa shape index (κ2) is 12.3. The zero-order chi connectivity index (χ0) is 18.6. The van der Waals surface area contributed by atoms with Gasteiger partial charge in [-0.15, -0.1) is 0 Å². The number of ether oxygens (including phenoxy) is 3. The Morgan fingerprint density at radius 1 is 1.12 bits per heavy atom. The quantitative estimate of drug-likeness (QED) is 0.576. The molecule has 0 aromatic heterocycles. The van der Waals surface area contributed by atoms with Crippen LogP contribution >= 0.6 is 0 Å². The summed E-state index contributed by atoms with van der Waals surface area (Å²) < 4.78 is 16.8. The summed E-state index contributed by atoms with van der Waals surface area (Å²) >= 11 is 0. The highest BCUT2D eigenvalue weighted by molar-refractivity contribution is 5.27. The molecule has 148 valence electrons. The van der Waals surface area contributed by atoms with Crippen LogP contribution in [0.5, 0.6) is 5.75 Å². The number of benzene rings is 1. The number of likely N-dealkylation sites (N-methyl/N-ethyl adjacent to an activating group) is 1. The van der Waals surface area contributed by atoms with E-state index in [0.29, 0.717) is 39.1 Å². The van der Waals surface area contributed by atoms with Crippen LogP contribution in [-0.4, -0.2) is 62.2 Å². The van der Waals surface area contributed by atoms with Gasteiger partial charge in [0, 0.05) is 19.7 Å². The van der Waals surface area contributed by atoms with Crippen molar-refractivity contribution < 1.29 is 19.3 Å². The SMILES string of the molecule is CCOCCOc1ccc(CN(C)C[C@H](O)COC2CCCCC2)cc1. The van der Waals surface area contributed by atoms with E-state index in [9.17, 15) is 5.11 Å². The average molecular weight is 366 g/mol. The van der Waals surface area contributed by atoms with Gasteiger partial charge in [0.05, 0.1) is 25.4 Å². The molecule has 0 unspecified atom stereocenters. The van der Waals surface area contributed by atoms with E-state index in [2.05, 4.69) is 17.0 Å². The van der Waals surface area contributed by atoms with Gasteiger partial charge < -0.3 is 19.3 Å². The molecule has 0 spiro atoms. The molecule has 1 aromatic carbocycles. The first-order valence-electron chi connectivity index (χ1n) is 9.95. The highest BCUT2D eigenvalue weighted by atomic mass is 16.5. The molecule has 1 aromatic rings. The van der Waals surface area contributed by atoms with Crippen LogP contribution < -0.4 is 4.74 Å². The van der Waals surface area contributed by atoms with Crippen molar-refractivity contribution in [2.75, 3.05) is 40.0 Å². The Bertz CT molecular complexity index is 473. The Balaban J connectivity index is 1.63. The molecular formula is C21H35NO4. The summed E-state index contributed by atoms with van der Waals surface area (Å²) in [5.74, 6) is 0.858. The van der Waals surface area contributed by atoms with E-state index in [1.54, 1.807) is 0 Å². The zero-order valence-corrected chi connectivity index (χ0v) is 16.4. The van der Waals surface area contributed by atoms with Gasteiger partial charge in [0.15, 0.2) is 0 Å². The number of aliphatic hydroxyl groups is 1. The first-order valence-corrected chi connectivity index (χ1v) is 9.95. The summed E-state index contributed by atoms with van der Waals surface area (Å²) in [5, 5.41) is 10.2. The van der Waals surface area contributed by atoms with Gasteiger partial charge in [-0.25, -0.2) is 0 Å². The van der Waals surface area contributed by atoms with Crippen molar-refractivity contribution >= 4 is 0 Å². The molecule has 0 saturated heterocycles. The average Bonchev–Trinajstić information content (AvgIpc) is 2.66. The molecule has 0 heterocycles. The van der Waals surface area contributed by atoms with Crippen molar-refractivity contribution in [3.63, 3.8) is 0 Å². The maximum atomic E-state index is 10.2. The van der Waals surface area contributed by atoms with E-state index < -0.39 is 6.10 Å². The van der Waals surface area contributed by atoms with Gasteiger partial charge in [-0.05, 0) is 44.5 Å². The summed E-state index contributed by atoms with van der Waals surface area (Å²) in [6.07, 6.45) is 6.02. The van der Waals surface area contributed by atoms with E-state index in [-0.39, 0.29) is 0 Å². The first kappa shape index (κ1) is 21.2. The Morgan fingerprint density at radius 3 is 2.54 bits per heavy atom. The minimum atomic E-state index is -0.442. The van der Waals surface area contributed by atoms with Crippen molar-refractivity contribution in [2.45, 2.75) is 57.8 Å².